The van der Waals surface area contributed by atoms with Crippen LogP contribution in [-0.2, 0) is 5.75 Å². The Bertz CT molecular complexity index is 368. The van der Waals surface area contributed by atoms with Crippen molar-refractivity contribution in [2.45, 2.75) is 17.0 Å². The minimum atomic E-state index is 0.950. The standard InChI is InChI=1S/C7H7N3S3/c1-5-6(12-3-8-5)2-11-7-10-9-4-13-7/h3-4H,2H2,1H3. The van der Waals surface area contributed by atoms with Gasteiger partial charge in [0.05, 0.1) is 11.2 Å². The van der Waals surface area contributed by atoms with E-state index in [9.17, 15) is 0 Å². The predicted molar refractivity (Wildman–Crippen MR) is 56.3 cm³/mol. The van der Waals surface area contributed by atoms with Crippen molar-refractivity contribution in [1.29, 1.82) is 0 Å². The number of thioether (sulfide) groups is 1. The van der Waals surface area contributed by atoms with Crippen molar-refractivity contribution in [3.63, 3.8) is 0 Å². The Morgan fingerprint density at radius 3 is 2.92 bits per heavy atom. The van der Waals surface area contributed by atoms with E-state index in [2.05, 4.69) is 15.2 Å². The van der Waals surface area contributed by atoms with Gasteiger partial charge in [0.15, 0.2) is 4.34 Å². The highest BCUT2D eigenvalue weighted by molar-refractivity contribution is 8.00. The Hall–Kier alpha value is -0.460. The Morgan fingerprint density at radius 1 is 1.38 bits per heavy atom. The van der Waals surface area contributed by atoms with Crippen LogP contribution in [0.5, 0.6) is 0 Å². The van der Waals surface area contributed by atoms with Gasteiger partial charge in [-0.1, -0.05) is 23.1 Å². The lowest BCUT2D eigenvalue weighted by atomic mass is 10.4. The zero-order valence-electron chi connectivity index (χ0n) is 6.93. The van der Waals surface area contributed by atoms with Crippen molar-refractivity contribution in [2.24, 2.45) is 0 Å². The number of aromatic nitrogens is 3. The zero-order valence-corrected chi connectivity index (χ0v) is 9.38. The van der Waals surface area contributed by atoms with E-state index in [4.69, 9.17) is 0 Å². The number of rotatable bonds is 3. The van der Waals surface area contributed by atoms with Crippen LogP contribution in [-0.4, -0.2) is 15.2 Å². The maximum absolute atomic E-state index is 4.19. The van der Waals surface area contributed by atoms with Gasteiger partial charge in [-0.25, -0.2) is 4.98 Å². The summed E-state index contributed by atoms with van der Waals surface area (Å²) in [5.41, 5.74) is 4.76. The Morgan fingerprint density at radius 2 is 2.31 bits per heavy atom. The van der Waals surface area contributed by atoms with Gasteiger partial charge >= 0.3 is 0 Å². The number of thiazole rings is 1. The first kappa shape index (κ1) is 9.11. The Kier molecular flexibility index (Phi) is 2.92. The summed E-state index contributed by atoms with van der Waals surface area (Å²) in [7, 11) is 0. The summed E-state index contributed by atoms with van der Waals surface area (Å²) < 4.78 is 1.02. The molecule has 0 radical (unpaired) electrons. The summed E-state index contributed by atoms with van der Waals surface area (Å²) in [5, 5.41) is 7.74. The highest BCUT2D eigenvalue weighted by Gasteiger charge is 2.03. The monoisotopic (exact) mass is 229 g/mol. The molecule has 0 spiro atoms. The molecule has 2 aromatic heterocycles. The zero-order chi connectivity index (χ0) is 9.10. The van der Waals surface area contributed by atoms with Crippen molar-refractivity contribution in [2.75, 3.05) is 0 Å². The fourth-order valence-corrected chi connectivity index (χ4v) is 3.25. The molecule has 2 heterocycles. The molecular formula is C7H7N3S3. The number of nitrogens with zero attached hydrogens (tertiary/aromatic N) is 3. The Labute approximate surface area is 88.2 Å². The van der Waals surface area contributed by atoms with E-state index in [1.54, 1.807) is 39.9 Å². The van der Waals surface area contributed by atoms with E-state index in [-0.39, 0.29) is 0 Å². The molecule has 0 saturated heterocycles. The summed E-state index contributed by atoms with van der Waals surface area (Å²) in [4.78, 5) is 5.51. The molecule has 13 heavy (non-hydrogen) atoms. The van der Waals surface area contributed by atoms with Crippen molar-refractivity contribution in [3.8, 4) is 0 Å². The maximum atomic E-state index is 4.19. The third-order valence-electron chi connectivity index (χ3n) is 1.51. The van der Waals surface area contributed by atoms with Crippen LogP contribution in [0, 0.1) is 6.92 Å². The quantitative estimate of drug-likeness (QED) is 0.758. The molecule has 2 aromatic rings. The van der Waals surface area contributed by atoms with E-state index < -0.39 is 0 Å². The first-order chi connectivity index (χ1) is 6.36. The molecule has 0 amide bonds. The average Bonchev–Trinajstić information content (AvgIpc) is 2.72. The summed E-state index contributed by atoms with van der Waals surface area (Å²) in [6.45, 7) is 2.03. The normalized spacial score (nSPS) is 10.5. The van der Waals surface area contributed by atoms with Crippen molar-refractivity contribution in [1.82, 2.24) is 15.2 Å². The largest absolute Gasteiger partial charge is 0.250 e. The molecule has 3 nitrogen and oxygen atoms in total. The van der Waals surface area contributed by atoms with Crippen molar-refractivity contribution < 1.29 is 0 Å². The lowest BCUT2D eigenvalue weighted by Gasteiger charge is -1.93. The van der Waals surface area contributed by atoms with E-state index >= 15 is 0 Å². The molecule has 0 bridgehead atoms. The van der Waals surface area contributed by atoms with Gasteiger partial charge in [0.2, 0.25) is 0 Å². The fourth-order valence-electron chi connectivity index (χ4n) is 0.818. The van der Waals surface area contributed by atoms with Gasteiger partial charge in [-0.2, -0.15) is 0 Å². The van der Waals surface area contributed by atoms with Crippen molar-refractivity contribution >= 4 is 34.4 Å². The van der Waals surface area contributed by atoms with Crippen LogP contribution >= 0.6 is 34.4 Å². The lowest BCUT2D eigenvalue weighted by Crippen LogP contribution is -1.79. The first-order valence-electron chi connectivity index (χ1n) is 3.64. The smallest absolute Gasteiger partial charge is 0.174 e. The molecule has 0 unspecified atom stereocenters. The second kappa shape index (κ2) is 4.17. The van der Waals surface area contributed by atoms with E-state index in [0.29, 0.717) is 0 Å². The summed E-state index contributed by atoms with van der Waals surface area (Å²) in [6.07, 6.45) is 0. The number of hydrogen-bond donors (Lipinski definition) is 0. The molecule has 0 N–H and O–H groups in total. The highest BCUT2D eigenvalue weighted by atomic mass is 32.2. The minimum Gasteiger partial charge on any atom is -0.250 e. The molecule has 0 saturated carbocycles. The third-order valence-corrected chi connectivity index (χ3v) is 4.52. The van der Waals surface area contributed by atoms with Gasteiger partial charge in [-0.05, 0) is 6.92 Å². The highest BCUT2D eigenvalue weighted by Crippen LogP contribution is 2.26. The van der Waals surface area contributed by atoms with Crippen LogP contribution in [0.1, 0.15) is 10.6 Å². The molecule has 68 valence electrons. The molecule has 0 aliphatic rings. The summed E-state index contributed by atoms with van der Waals surface area (Å²) in [6, 6.07) is 0. The topological polar surface area (TPSA) is 38.7 Å². The third kappa shape index (κ3) is 2.26. The molecular weight excluding hydrogens is 222 g/mol. The molecule has 0 aliphatic heterocycles. The number of hydrogen-bond acceptors (Lipinski definition) is 6. The Balaban J connectivity index is 1.97. The first-order valence-corrected chi connectivity index (χ1v) is 6.38. The van der Waals surface area contributed by atoms with Crippen LogP contribution in [0.15, 0.2) is 15.4 Å². The molecule has 0 atom stereocenters. The SMILES string of the molecule is Cc1ncsc1CSc1nncs1. The average molecular weight is 229 g/mol. The molecule has 0 aliphatic carbocycles. The van der Waals surface area contributed by atoms with Gasteiger partial charge in [0, 0.05) is 10.6 Å². The van der Waals surface area contributed by atoms with Crippen LogP contribution < -0.4 is 0 Å². The lowest BCUT2D eigenvalue weighted by molar-refractivity contribution is 1.01. The van der Waals surface area contributed by atoms with Crippen LogP contribution in [0.4, 0.5) is 0 Å². The molecule has 2 rings (SSSR count). The van der Waals surface area contributed by atoms with Gasteiger partial charge in [0.1, 0.15) is 5.51 Å². The second-order valence-corrected chi connectivity index (χ2v) is 5.35. The van der Waals surface area contributed by atoms with Crippen molar-refractivity contribution in [3.05, 3.63) is 21.6 Å². The van der Waals surface area contributed by atoms with E-state index in [0.717, 1.165) is 15.8 Å². The van der Waals surface area contributed by atoms with E-state index in [1.807, 2.05) is 12.4 Å². The second-order valence-electron chi connectivity index (χ2n) is 2.35. The fraction of sp³-hybridized carbons (Fsp3) is 0.286. The number of aryl methyl sites for hydroxylation is 1. The van der Waals surface area contributed by atoms with Gasteiger partial charge in [-0.15, -0.1) is 21.5 Å². The van der Waals surface area contributed by atoms with Gasteiger partial charge in [0.25, 0.3) is 0 Å². The predicted octanol–water partition coefficient (Wildman–Crippen LogP) is 2.60. The van der Waals surface area contributed by atoms with E-state index in [1.165, 1.54) is 4.88 Å². The molecule has 6 heteroatoms. The summed E-state index contributed by atoms with van der Waals surface area (Å²) in [5.74, 6) is 0.950. The van der Waals surface area contributed by atoms with Crippen LogP contribution in [0.3, 0.4) is 0 Å². The molecule has 0 aromatic carbocycles. The van der Waals surface area contributed by atoms with Crippen LogP contribution in [0.25, 0.3) is 0 Å². The van der Waals surface area contributed by atoms with Gasteiger partial charge < -0.3 is 0 Å². The maximum Gasteiger partial charge on any atom is 0.174 e. The van der Waals surface area contributed by atoms with Gasteiger partial charge in [-0.3, -0.25) is 0 Å². The summed E-state index contributed by atoms with van der Waals surface area (Å²) >= 11 is 4.99. The minimum absolute atomic E-state index is 0.950. The van der Waals surface area contributed by atoms with Crippen LogP contribution in [0.2, 0.25) is 0 Å². The molecule has 0 fully saturated rings.